The van der Waals surface area contributed by atoms with E-state index in [1.54, 1.807) is 26.4 Å². The Morgan fingerprint density at radius 1 is 0.889 bits per heavy atom. The van der Waals surface area contributed by atoms with Crippen molar-refractivity contribution in [1.29, 1.82) is 5.26 Å². The summed E-state index contributed by atoms with van der Waals surface area (Å²) in [5, 5.41) is 15.4. The van der Waals surface area contributed by atoms with E-state index in [2.05, 4.69) is 26.7 Å². The maximum atomic E-state index is 9.03. The minimum Gasteiger partial charge on any atom is -0.493 e. The normalized spacial score (nSPS) is 10.0. The van der Waals surface area contributed by atoms with Gasteiger partial charge in [-0.25, -0.2) is 4.98 Å². The van der Waals surface area contributed by atoms with E-state index in [1.165, 1.54) is 0 Å². The molecule has 0 spiro atoms. The zero-order chi connectivity index (χ0) is 19.2. The Morgan fingerprint density at radius 3 is 2.41 bits per heavy atom. The van der Waals surface area contributed by atoms with Crippen LogP contribution in [0.25, 0.3) is 0 Å². The molecule has 2 N–H and O–H groups in total. The Kier molecular flexibility index (Phi) is 5.38. The van der Waals surface area contributed by atoms with Gasteiger partial charge in [0.05, 0.1) is 25.9 Å². The number of nitrogens with one attached hydrogen (secondary N) is 2. The molecule has 7 heteroatoms. The molecule has 27 heavy (non-hydrogen) atoms. The van der Waals surface area contributed by atoms with Gasteiger partial charge in [0.2, 0.25) is 5.95 Å². The van der Waals surface area contributed by atoms with Gasteiger partial charge in [-0.1, -0.05) is 6.07 Å². The van der Waals surface area contributed by atoms with E-state index in [-0.39, 0.29) is 0 Å². The Bertz CT molecular complexity index is 998. The molecule has 0 atom stereocenters. The summed E-state index contributed by atoms with van der Waals surface area (Å²) in [6.45, 7) is 1.89. The number of benzene rings is 2. The molecule has 0 aliphatic rings. The van der Waals surface area contributed by atoms with Crippen molar-refractivity contribution in [1.82, 2.24) is 9.97 Å². The van der Waals surface area contributed by atoms with Gasteiger partial charge >= 0.3 is 0 Å². The molecule has 0 fully saturated rings. The maximum absolute atomic E-state index is 9.03. The van der Waals surface area contributed by atoms with Crippen LogP contribution in [0.2, 0.25) is 0 Å². The topological polar surface area (TPSA) is 92.1 Å². The van der Waals surface area contributed by atoms with E-state index >= 15 is 0 Å². The SMILES string of the molecule is COc1ccc(Nc2nc(C)cc(Nc3cccc(C#N)c3)n2)cc1OC. The fraction of sp³-hybridized carbons (Fsp3) is 0.150. The average Bonchev–Trinajstić information content (AvgIpc) is 2.67. The lowest BCUT2D eigenvalue weighted by Crippen LogP contribution is -2.03. The molecule has 0 amide bonds. The molecule has 136 valence electrons. The first-order chi connectivity index (χ1) is 13.1. The quantitative estimate of drug-likeness (QED) is 0.681. The number of ether oxygens (including phenoxy) is 2. The van der Waals surface area contributed by atoms with E-state index in [9.17, 15) is 0 Å². The Morgan fingerprint density at radius 2 is 1.67 bits per heavy atom. The third kappa shape index (κ3) is 4.44. The van der Waals surface area contributed by atoms with Crippen molar-refractivity contribution in [2.24, 2.45) is 0 Å². The van der Waals surface area contributed by atoms with E-state index in [0.717, 1.165) is 17.1 Å². The van der Waals surface area contributed by atoms with E-state index in [1.807, 2.05) is 43.3 Å². The Hall–Kier alpha value is -3.79. The number of nitrogens with zero attached hydrogens (tertiary/aromatic N) is 3. The zero-order valence-corrected chi connectivity index (χ0v) is 15.3. The monoisotopic (exact) mass is 361 g/mol. The average molecular weight is 361 g/mol. The number of nitriles is 1. The highest BCUT2D eigenvalue weighted by atomic mass is 16.5. The number of anilines is 4. The number of hydrogen-bond acceptors (Lipinski definition) is 7. The van der Waals surface area contributed by atoms with Crippen molar-refractivity contribution >= 4 is 23.1 Å². The van der Waals surface area contributed by atoms with E-state index < -0.39 is 0 Å². The van der Waals surface area contributed by atoms with Crippen molar-refractivity contribution in [3.05, 3.63) is 59.8 Å². The van der Waals surface area contributed by atoms with Crippen LogP contribution in [0.4, 0.5) is 23.1 Å². The van der Waals surface area contributed by atoms with Gasteiger partial charge < -0.3 is 20.1 Å². The summed E-state index contributed by atoms with van der Waals surface area (Å²) < 4.78 is 10.6. The highest BCUT2D eigenvalue weighted by molar-refractivity contribution is 5.63. The number of methoxy groups -OCH3 is 2. The predicted octanol–water partition coefficient (Wildman–Crippen LogP) is 4.16. The second-order valence-electron chi connectivity index (χ2n) is 5.73. The van der Waals surface area contributed by atoms with Gasteiger partial charge in [-0.3, -0.25) is 0 Å². The Labute approximate surface area is 157 Å². The van der Waals surface area contributed by atoms with Crippen LogP contribution in [0.5, 0.6) is 11.5 Å². The predicted molar refractivity (Wildman–Crippen MR) is 104 cm³/mol. The molecule has 1 heterocycles. The molecule has 0 unspecified atom stereocenters. The van der Waals surface area contributed by atoms with Crippen LogP contribution in [0.1, 0.15) is 11.3 Å². The molecular formula is C20H19N5O2. The first-order valence-electron chi connectivity index (χ1n) is 8.23. The fourth-order valence-electron chi connectivity index (χ4n) is 2.55. The molecule has 2 aromatic carbocycles. The van der Waals surface area contributed by atoms with Gasteiger partial charge in [0.25, 0.3) is 0 Å². The molecule has 3 rings (SSSR count). The van der Waals surface area contributed by atoms with Crippen LogP contribution in [0.3, 0.4) is 0 Å². The Balaban J connectivity index is 1.84. The van der Waals surface area contributed by atoms with Gasteiger partial charge in [-0.15, -0.1) is 0 Å². The zero-order valence-electron chi connectivity index (χ0n) is 15.3. The molecular weight excluding hydrogens is 342 g/mol. The summed E-state index contributed by atoms with van der Waals surface area (Å²) in [6, 6.07) is 16.6. The lowest BCUT2D eigenvalue weighted by atomic mass is 10.2. The smallest absolute Gasteiger partial charge is 0.229 e. The van der Waals surface area contributed by atoms with Crippen molar-refractivity contribution in [3.63, 3.8) is 0 Å². The number of rotatable bonds is 6. The third-order valence-electron chi connectivity index (χ3n) is 3.76. The molecule has 0 radical (unpaired) electrons. The first-order valence-corrected chi connectivity index (χ1v) is 8.23. The second kappa shape index (κ2) is 8.06. The van der Waals surface area contributed by atoms with Gasteiger partial charge in [-0.2, -0.15) is 10.2 Å². The van der Waals surface area contributed by atoms with Gasteiger partial charge in [-0.05, 0) is 37.3 Å². The molecule has 1 aromatic heterocycles. The first kappa shape index (κ1) is 18.0. The third-order valence-corrected chi connectivity index (χ3v) is 3.76. The van der Waals surface area contributed by atoms with Crippen molar-refractivity contribution in [2.75, 3.05) is 24.9 Å². The molecule has 0 saturated heterocycles. The number of aromatic nitrogens is 2. The summed E-state index contributed by atoms with van der Waals surface area (Å²) in [7, 11) is 3.18. The number of hydrogen-bond donors (Lipinski definition) is 2. The van der Waals surface area contributed by atoms with E-state index in [0.29, 0.717) is 28.8 Å². The van der Waals surface area contributed by atoms with Crippen LogP contribution < -0.4 is 20.1 Å². The summed E-state index contributed by atoms with van der Waals surface area (Å²) in [5.74, 6) is 2.33. The minimum absolute atomic E-state index is 0.446. The van der Waals surface area contributed by atoms with Crippen LogP contribution >= 0.6 is 0 Å². The molecule has 7 nitrogen and oxygen atoms in total. The van der Waals surface area contributed by atoms with E-state index in [4.69, 9.17) is 14.7 Å². The summed E-state index contributed by atoms with van der Waals surface area (Å²) >= 11 is 0. The van der Waals surface area contributed by atoms with Gasteiger partial charge in [0.15, 0.2) is 11.5 Å². The van der Waals surface area contributed by atoms with Crippen LogP contribution in [-0.4, -0.2) is 24.2 Å². The van der Waals surface area contributed by atoms with Crippen molar-refractivity contribution in [3.8, 4) is 17.6 Å². The molecule has 0 aliphatic carbocycles. The van der Waals surface area contributed by atoms with Gasteiger partial charge in [0, 0.05) is 29.2 Å². The summed E-state index contributed by atoms with van der Waals surface area (Å²) in [5.41, 5.74) is 2.93. The molecule has 0 bridgehead atoms. The van der Waals surface area contributed by atoms with Crippen LogP contribution in [-0.2, 0) is 0 Å². The lowest BCUT2D eigenvalue weighted by molar-refractivity contribution is 0.355. The van der Waals surface area contributed by atoms with Crippen molar-refractivity contribution in [2.45, 2.75) is 6.92 Å². The molecule has 3 aromatic rings. The minimum atomic E-state index is 0.446. The second-order valence-corrected chi connectivity index (χ2v) is 5.73. The fourth-order valence-corrected chi connectivity index (χ4v) is 2.55. The van der Waals surface area contributed by atoms with Crippen molar-refractivity contribution < 1.29 is 9.47 Å². The van der Waals surface area contributed by atoms with Crippen LogP contribution in [0.15, 0.2) is 48.5 Å². The summed E-state index contributed by atoms with van der Waals surface area (Å²) in [4.78, 5) is 8.91. The summed E-state index contributed by atoms with van der Waals surface area (Å²) in [6.07, 6.45) is 0. The highest BCUT2D eigenvalue weighted by Crippen LogP contribution is 2.30. The molecule has 0 aliphatic heterocycles. The number of aryl methyl sites for hydroxylation is 1. The lowest BCUT2D eigenvalue weighted by Gasteiger charge is -2.12. The largest absolute Gasteiger partial charge is 0.493 e. The standard InChI is InChI=1S/C20H19N5O2/c1-13-9-19(23-15-6-4-5-14(10-15)12-21)25-20(22-13)24-16-7-8-17(26-2)18(11-16)27-3/h4-11H,1-3H3,(H2,22,23,24,25). The van der Waals surface area contributed by atoms with Crippen LogP contribution in [0, 0.1) is 18.3 Å². The highest BCUT2D eigenvalue weighted by Gasteiger charge is 2.08. The maximum Gasteiger partial charge on any atom is 0.229 e. The molecule has 0 saturated carbocycles. The van der Waals surface area contributed by atoms with Gasteiger partial charge in [0.1, 0.15) is 5.82 Å².